The van der Waals surface area contributed by atoms with Gasteiger partial charge in [0, 0.05) is 5.69 Å². The lowest BCUT2D eigenvalue weighted by atomic mass is 10.2. The van der Waals surface area contributed by atoms with Crippen molar-refractivity contribution in [3.05, 3.63) is 71.5 Å². The molecule has 0 saturated carbocycles. The summed E-state index contributed by atoms with van der Waals surface area (Å²) in [5, 5.41) is 2.54. The molecule has 0 aliphatic rings. The fourth-order valence-corrected chi connectivity index (χ4v) is 2.35. The van der Waals surface area contributed by atoms with Crippen LogP contribution in [0.15, 0.2) is 54.6 Å². The van der Waals surface area contributed by atoms with Crippen molar-refractivity contribution in [1.82, 2.24) is 15.0 Å². The number of hydrogen-bond donors (Lipinski definition) is 1. The van der Waals surface area contributed by atoms with Crippen molar-refractivity contribution in [1.29, 1.82) is 0 Å². The van der Waals surface area contributed by atoms with Crippen molar-refractivity contribution in [3.63, 3.8) is 0 Å². The van der Waals surface area contributed by atoms with E-state index in [9.17, 15) is 26.3 Å². The summed E-state index contributed by atoms with van der Waals surface area (Å²) in [5.74, 6) is -0.329. The maximum atomic E-state index is 12.9. The zero-order chi connectivity index (χ0) is 22.5. The molecule has 0 fully saturated rings. The van der Waals surface area contributed by atoms with Crippen molar-refractivity contribution < 1.29 is 31.1 Å². The molecule has 1 N–H and O–H groups in total. The highest BCUT2D eigenvalue weighted by Gasteiger charge is 2.31. The Hall–Kier alpha value is -3.63. The Balaban J connectivity index is 1.90. The molecule has 0 saturated heterocycles. The molecule has 0 bridgehead atoms. The summed E-state index contributed by atoms with van der Waals surface area (Å²) in [6.07, 6.45) is -6.17. The van der Waals surface area contributed by atoms with Gasteiger partial charge in [-0.15, -0.1) is 0 Å². The number of nitrogens with one attached hydrogen (secondary N) is 1. The van der Waals surface area contributed by atoms with E-state index in [-0.39, 0.29) is 17.5 Å². The standard InChI is InChI=1S/C20H14F6N4O/c21-19(22,23)12-31-18-29-16(10-9-13-5-2-1-3-6-13)28-17(30-18)27-15-8-4-7-14(11-15)20(24,25)26/h1-11H,12H2,(H,27,28,29,30)/b10-9-. The van der Waals surface area contributed by atoms with Crippen molar-refractivity contribution in [2.45, 2.75) is 12.4 Å². The van der Waals surface area contributed by atoms with Crippen LogP contribution >= 0.6 is 0 Å². The number of nitrogens with zero attached hydrogens (tertiary/aromatic N) is 3. The topological polar surface area (TPSA) is 59.9 Å². The summed E-state index contributed by atoms with van der Waals surface area (Å²) in [6, 6.07) is 12.5. The van der Waals surface area contributed by atoms with Crippen LogP contribution in [0.1, 0.15) is 17.0 Å². The van der Waals surface area contributed by atoms with Crippen molar-refractivity contribution in [3.8, 4) is 6.01 Å². The number of halogens is 6. The van der Waals surface area contributed by atoms with Gasteiger partial charge in [0.2, 0.25) is 5.95 Å². The first kappa shape index (κ1) is 22.1. The summed E-state index contributed by atoms with van der Waals surface area (Å²) in [5.41, 5.74) is -0.154. The maximum Gasteiger partial charge on any atom is 0.422 e. The second-order valence-electron chi connectivity index (χ2n) is 6.15. The zero-order valence-electron chi connectivity index (χ0n) is 15.6. The first-order chi connectivity index (χ1) is 14.6. The molecular weight excluding hydrogens is 426 g/mol. The average Bonchev–Trinajstić information content (AvgIpc) is 2.71. The molecule has 1 heterocycles. The second kappa shape index (κ2) is 9.02. The van der Waals surface area contributed by atoms with Gasteiger partial charge in [0.1, 0.15) is 0 Å². The van der Waals surface area contributed by atoms with E-state index in [1.165, 1.54) is 18.2 Å². The van der Waals surface area contributed by atoms with Crippen LogP contribution in [0.25, 0.3) is 12.2 Å². The Labute approximate surface area is 172 Å². The normalized spacial score (nSPS) is 12.2. The predicted molar refractivity (Wildman–Crippen MR) is 101 cm³/mol. The lowest BCUT2D eigenvalue weighted by Gasteiger charge is -2.11. The highest BCUT2D eigenvalue weighted by Crippen LogP contribution is 2.31. The molecule has 0 amide bonds. The highest BCUT2D eigenvalue weighted by molar-refractivity contribution is 5.67. The van der Waals surface area contributed by atoms with Gasteiger partial charge in [-0.3, -0.25) is 0 Å². The van der Waals surface area contributed by atoms with Gasteiger partial charge in [-0.2, -0.15) is 41.3 Å². The van der Waals surface area contributed by atoms with E-state index < -0.39 is 30.5 Å². The van der Waals surface area contributed by atoms with Crippen LogP contribution in [-0.4, -0.2) is 27.7 Å². The molecule has 0 aliphatic carbocycles. The summed E-state index contributed by atoms with van der Waals surface area (Å²) in [7, 11) is 0. The van der Waals surface area contributed by atoms with Gasteiger partial charge in [-0.1, -0.05) is 42.5 Å². The number of benzene rings is 2. The fourth-order valence-electron chi connectivity index (χ4n) is 2.35. The van der Waals surface area contributed by atoms with Crippen LogP contribution in [0.2, 0.25) is 0 Å². The molecule has 0 aliphatic heterocycles. The van der Waals surface area contributed by atoms with Gasteiger partial charge < -0.3 is 10.1 Å². The fraction of sp³-hybridized carbons (Fsp3) is 0.150. The number of aromatic nitrogens is 3. The van der Waals surface area contributed by atoms with Crippen LogP contribution in [0.5, 0.6) is 6.01 Å². The van der Waals surface area contributed by atoms with Gasteiger partial charge in [0.05, 0.1) is 5.56 Å². The largest absolute Gasteiger partial charge is 0.454 e. The van der Waals surface area contributed by atoms with Crippen molar-refractivity contribution >= 4 is 23.8 Å². The summed E-state index contributed by atoms with van der Waals surface area (Å²) >= 11 is 0. The van der Waals surface area contributed by atoms with Crippen LogP contribution in [-0.2, 0) is 6.18 Å². The first-order valence-corrected chi connectivity index (χ1v) is 8.71. The van der Waals surface area contributed by atoms with Crippen LogP contribution in [0.3, 0.4) is 0 Å². The van der Waals surface area contributed by atoms with Gasteiger partial charge in [0.15, 0.2) is 12.4 Å². The number of hydrogen-bond acceptors (Lipinski definition) is 5. The van der Waals surface area contributed by atoms with E-state index in [2.05, 4.69) is 25.0 Å². The molecule has 31 heavy (non-hydrogen) atoms. The molecule has 0 unspecified atom stereocenters. The molecule has 3 aromatic rings. The van der Waals surface area contributed by atoms with Crippen LogP contribution < -0.4 is 10.1 Å². The Morgan fingerprint density at radius 1 is 0.839 bits per heavy atom. The summed E-state index contributed by atoms with van der Waals surface area (Å²) in [6.45, 7) is -1.64. The molecule has 3 rings (SSSR count). The number of ether oxygens (including phenoxy) is 1. The number of rotatable bonds is 6. The molecule has 11 heteroatoms. The molecular formula is C20H14F6N4O. The molecule has 162 valence electrons. The maximum absolute atomic E-state index is 12.9. The molecule has 0 spiro atoms. The highest BCUT2D eigenvalue weighted by atomic mass is 19.4. The van der Waals surface area contributed by atoms with Gasteiger partial charge in [0.25, 0.3) is 0 Å². The quantitative estimate of drug-likeness (QED) is 0.495. The Kier molecular flexibility index (Phi) is 6.42. The Morgan fingerprint density at radius 3 is 2.26 bits per heavy atom. The van der Waals surface area contributed by atoms with Gasteiger partial charge >= 0.3 is 18.4 Å². The number of alkyl halides is 6. The minimum atomic E-state index is -4.62. The molecule has 0 radical (unpaired) electrons. The van der Waals surface area contributed by atoms with Crippen molar-refractivity contribution in [2.75, 3.05) is 11.9 Å². The lowest BCUT2D eigenvalue weighted by molar-refractivity contribution is -0.154. The smallest absolute Gasteiger partial charge is 0.422 e. The predicted octanol–water partition coefficient (Wildman–Crippen LogP) is 5.75. The third-order valence-electron chi connectivity index (χ3n) is 3.67. The first-order valence-electron chi connectivity index (χ1n) is 8.71. The molecule has 1 aromatic heterocycles. The SMILES string of the molecule is FC(F)(F)COc1nc(/C=C\c2ccccc2)nc(Nc2cccc(C(F)(F)F)c2)n1. The van der Waals surface area contributed by atoms with E-state index >= 15 is 0 Å². The zero-order valence-corrected chi connectivity index (χ0v) is 15.6. The van der Waals surface area contributed by atoms with E-state index in [0.29, 0.717) is 0 Å². The third-order valence-corrected chi connectivity index (χ3v) is 3.67. The van der Waals surface area contributed by atoms with Gasteiger partial charge in [-0.25, -0.2) is 0 Å². The van der Waals surface area contributed by atoms with Gasteiger partial charge in [-0.05, 0) is 29.8 Å². The number of anilines is 2. The minimum Gasteiger partial charge on any atom is -0.454 e. The Morgan fingerprint density at radius 2 is 1.58 bits per heavy atom. The van der Waals surface area contributed by atoms with E-state index in [1.807, 2.05) is 0 Å². The molecule has 2 aromatic carbocycles. The van der Waals surface area contributed by atoms with E-state index in [1.54, 1.807) is 36.4 Å². The van der Waals surface area contributed by atoms with Crippen LogP contribution in [0.4, 0.5) is 38.0 Å². The summed E-state index contributed by atoms with van der Waals surface area (Å²) in [4.78, 5) is 11.5. The lowest BCUT2D eigenvalue weighted by Crippen LogP contribution is -2.20. The van der Waals surface area contributed by atoms with E-state index in [0.717, 1.165) is 17.7 Å². The van der Waals surface area contributed by atoms with Crippen LogP contribution in [0, 0.1) is 0 Å². The molecule has 5 nitrogen and oxygen atoms in total. The average molecular weight is 440 g/mol. The van der Waals surface area contributed by atoms with E-state index in [4.69, 9.17) is 0 Å². The Bertz CT molecular complexity index is 1050. The molecule has 0 atom stereocenters. The summed E-state index contributed by atoms with van der Waals surface area (Å²) < 4.78 is 80.7. The minimum absolute atomic E-state index is 0.0132. The third kappa shape index (κ3) is 6.98. The monoisotopic (exact) mass is 440 g/mol. The van der Waals surface area contributed by atoms with Crippen molar-refractivity contribution in [2.24, 2.45) is 0 Å². The second-order valence-corrected chi connectivity index (χ2v) is 6.15.